The molecule has 1 amide bonds. The van der Waals surface area contributed by atoms with Crippen LogP contribution in [0, 0.1) is 0 Å². The van der Waals surface area contributed by atoms with Crippen molar-refractivity contribution >= 4 is 17.3 Å². The first-order valence-electron chi connectivity index (χ1n) is 6.01. The van der Waals surface area contributed by atoms with Gasteiger partial charge in [-0.25, -0.2) is 0 Å². The van der Waals surface area contributed by atoms with Gasteiger partial charge in [-0.15, -0.1) is 0 Å². The molecule has 1 aliphatic heterocycles. The molecule has 0 radical (unpaired) electrons. The quantitative estimate of drug-likeness (QED) is 0.786. The predicted octanol–water partition coefficient (Wildman–Crippen LogP) is 1.12. The fraction of sp³-hybridized carbons (Fsp3) is 0.462. The summed E-state index contributed by atoms with van der Waals surface area (Å²) in [5, 5.41) is 0. The second-order valence-corrected chi connectivity index (χ2v) is 5.10. The first kappa shape index (κ1) is 12.7. The lowest BCUT2D eigenvalue weighted by atomic mass is 9.96. The van der Waals surface area contributed by atoms with E-state index in [-0.39, 0.29) is 18.1 Å². The van der Waals surface area contributed by atoms with Crippen LogP contribution < -0.4 is 21.1 Å². The molecule has 4 N–H and O–H groups in total. The van der Waals surface area contributed by atoms with Gasteiger partial charge in [0.05, 0.1) is 5.69 Å². The molecule has 2 rings (SSSR count). The normalized spacial score (nSPS) is 15.3. The summed E-state index contributed by atoms with van der Waals surface area (Å²) in [7, 11) is 0. The fourth-order valence-corrected chi connectivity index (χ4v) is 2.30. The number of nitrogens with zero attached hydrogens (tertiary/aromatic N) is 1. The molecule has 0 aliphatic carbocycles. The number of benzene rings is 1. The lowest BCUT2D eigenvalue weighted by Gasteiger charge is -2.41. The molecule has 0 fully saturated rings. The summed E-state index contributed by atoms with van der Waals surface area (Å²) in [5.74, 6) is 0.625. The zero-order valence-electron chi connectivity index (χ0n) is 10.8. The van der Waals surface area contributed by atoms with E-state index in [1.54, 1.807) is 23.1 Å². The highest BCUT2D eigenvalue weighted by Crippen LogP contribution is 2.38. The topological polar surface area (TPSA) is 81.6 Å². The zero-order valence-corrected chi connectivity index (χ0v) is 10.8. The monoisotopic (exact) mass is 249 g/mol. The molecule has 0 spiro atoms. The predicted molar refractivity (Wildman–Crippen MR) is 71.6 cm³/mol. The van der Waals surface area contributed by atoms with Crippen LogP contribution in [0.2, 0.25) is 0 Å². The van der Waals surface area contributed by atoms with Gasteiger partial charge in [0.25, 0.3) is 5.91 Å². The van der Waals surface area contributed by atoms with E-state index in [1.165, 1.54) is 0 Å². The Kier molecular flexibility index (Phi) is 3.17. The number of carbonyl (C=O) groups excluding carboxylic acids is 1. The van der Waals surface area contributed by atoms with Gasteiger partial charge in [0.2, 0.25) is 0 Å². The average molecular weight is 249 g/mol. The van der Waals surface area contributed by atoms with E-state index < -0.39 is 0 Å². The summed E-state index contributed by atoms with van der Waals surface area (Å²) in [5.41, 5.74) is 12.4. The van der Waals surface area contributed by atoms with Crippen LogP contribution in [0.5, 0.6) is 5.75 Å². The number of hydrogen-bond donors (Lipinski definition) is 2. The molecule has 98 valence electrons. The summed E-state index contributed by atoms with van der Waals surface area (Å²) >= 11 is 0. The second kappa shape index (κ2) is 4.49. The smallest absolute Gasteiger partial charge is 0.265 e. The summed E-state index contributed by atoms with van der Waals surface area (Å²) in [4.78, 5) is 13.9. The fourth-order valence-electron chi connectivity index (χ4n) is 2.30. The van der Waals surface area contributed by atoms with Gasteiger partial charge in [0, 0.05) is 11.2 Å². The first-order chi connectivity index (χ1) is 8.45. The van der Waals surface area contributed by atoms with Crippen molar-refractivity contribution in [2.24, 2.45) is 5.73 Å². The number of fused-ring (bicyclic) bond motifs is 1. The third-order valence-corrected chi connectivity index (χ3v) is 3.19. The molecular formula is C13H19N3O2. The Bertz CT molecular complexity index is 471. The van der Waals surface area contributed by atoms with Crippen LogP contribution in [0.15, 0.2) is 18.2 Å². The van der Waals surface area contributed by atoms with Crippen molar-refractivity contribution in [2.75, 3.05) is 23.8 Å². The van der Waals surface area contributed by atoms with Gasteiger partial charge in [0.15, 0.2) is 6.61 Å². The molecule has 1 aromatic rings. The number of ether oxygens (including phenoxy) is 1. The van der Waals surface area contributed by atoms with Crippen LogP contribution in [0.1, 0.15) is 20.3 Å². The highest BCUT2D eigenvalue weighted by Gasteiger charge is 2.36. The van der Waals surface area contributed by atoms with Gasteiger partial charge < -0.3 is 21.1 Å². The van der Waals surface area contributed by atoms with E-state index >= 15 is 0 Å². The minimum absolute atomic E-state index is 0.0604. The molecule has 0 aromatic heterocycles. The third-order valence-electron chi connectivity index (χ3n) is 3.19. The van der Waals surface area contributed by atoms with Gasteiger partial charge >= 0.3 is 0 Å². The molecule has 18 heavy (non-hydrogen) atoms. The van der Waals surface area contributed by atoms with Crippen LogP contribution in [0.3, 0.4) is 0 Å². The number of nitrogens with two attached hydrogens (primary N) is 2. The molecule has 1 aliphatic rings. The van der Waals surface area contributed by atoms with E-state index in [4.69, 9.17) is 16.2 Å². The lowest BCUT2D eigenvalue weighted by molar-refractivity contribution is -0.122. The van der Waals surface area contributed by atoms with Gasteiger partial charge in [-0.3, -0.25) is 4.79 Å². The van der Waals surface area contributed by atoms with Crippen LogP contribution in [0.4, 0.5) is 11.4 Å². The number of amides is 1. The van der Waals surface area contributed by atoms with Crippen molar-refractivity contribution in [1.29, 1.82) is 0 Å². The molecule has 0 saturated heterocycles. The number of carbonyl (C=O) groups is 1. The van der Waals surface area contributed by atoms with Gasteiger partial charge in [-0.1, -0.05) is 0 Å². The van der Waals surface area contributed by atoms with Gasteiger partial charge in [-0.05, 0) is 45.0 Å². The summed E-state index contributed by atoms with van der Waals surface area (Å²) in [6, 6.07) is 5.33. The third kappa shape index (κ3) is 2.13. The Labute approximate surface area is 107 Å². The summed E-state index contributed by atoms with van der Waals surface area (Å²) in [6.45, 7) is 4.58. The van der Waals surface area contributed by atoms with E-state index in [0.29, 0.717) is 24.4 Å². The number of hydrogen-bond acceptors (Lipinski definition) is 4. The Hall–Kier alpha value is -1.75. The Balaban J connectivity index is 2.47. The van der Waals surface area contributed by atoms with Crippen molar-refractivity contribution in [3.8, 4) is 5.75 Å². The van der Waals surface area contributed by atoms with Crippen molar-refractivity contribution < 1.29 is 9.53 Å². The highest BCUT2D eigenvalue weighted by atomic mass is 16.5. The minimum Gasteiger partial charge on any atom is -0.482 e. The van der Waals surface area contributed by atoms with E-state index in [2.05, 4.69) is 0 Å². The van der Waals surface area contributed by atoms with Gasteiger partial charge in [0.1, 0.15) is 5.75 Å². The largest absolute Gasteiger partial charge is 0.482 e. The minimum atomic E-state index is -0.349. The van der Waals surface area contributed by atoms with E-state index in [1.807, 2.05) is 13.8 Å². The van der Waals surface area contributed by atoms with Gasteiger partial charge in [-0.2, -0.15) is 0 Å². The SMILES string of the molecule is CC(C)(CCN)N1C(=O)COc2ccc(N)cc21. The standard InChI is InChI=1S/C13H19N3O2/c1-13(2,5-6-14)16-10-7-9(15)3-4-11(10)18-8-12(16)17/h3-4,7H,5-6,8,14-15H2,1-2H3. The summed E-state index contributed by atoms with van der Waals surface area (Å²) in [6.07, 6.45) is 0.715. The van der Waals surface area contributed by atoms with E-state index in [0.717, 1.165) is 5.69 Å². The molecule has 0 bridgehead atoms. The molecular weight excluding hydrogens is 230 g/mol. The molecule has 0 saturated carbocycles. The Morgan fingerprint density at radius 1 is 1.44 bits per heavy atom. The Morgan fingerprint density at radius 2 is 2.17 bits per heavy atom. The lowest BCUT2D eigenvalue weighted by Crippen LogP contribution is -2.52. The van der Waals surface area contributed by atoms with Crippen LogP contribution in [0.25, 0.3) is 0 Å². The maximum absolute atomic E-state index is 12.1. The molecule has 0 unspecified atom stereocenters. The highest BCUT2D eigenvalue weighted by molar-refractivity contribution is 5.99. The molecule has 1 aromatic carbocycles. The summed E-state index contributed by atoms with van der Waals surface area (Å²) < 4.78 is 5.42. The average Bonchev–Trinajstić information content (AvgIpc) is 2.27. The molecule has 1 heterocycles. The Morgan fingerprint density at radius 3 is 2.83 bits per heavy atom. The van der Waals surface area contributed by atoms with Crippen molar-refractivity contribution in [1.82, 2.24) is 0 Å². The second-order valence-electron chi connectivity index (χ2n) is 5.10. The number of anilines is 2. The molecule has 0 atom stereocenters. The molecule has 5 heteroatoms. The number of rotatable bonds is 3. The molecule has 5 nitrogen and oxygen atoms in total. The maximum atomic E-state index is 12.1. The first-order valence-corrected chi connectivity index (χ1v) is 6.01. The number of nitrogen functional groups attached to an aromatic ring is 1. The van der Waals surface area contributed by atoms with Crippen LogP contribution >= 0.6 is 0 Å². The van der Waals surface area contributed by atoms with E-state index in [9.17, 15) is 4.79 Å². The van der Waals surface area contributed by atoms with Crippen LogP contribution in [-0.2, 0) is 4.79 Å². The van der Waals surface area contributed by atoms with Crippen molar-refractivity contribution in [3.63, 3.8) is 0 Å². The van der Waals surface area contributed by atoms with Crippen LogP contribution in [-0.4, -0.2) is 24.6 Å². The van der Waals surface area contributed by atoms with Crippen molar-refractivity contribution in [2.45, 2.75) is 25.8 Å². The van der Waals surface area contributed by atoms with Crippen molar-refractivity contribution in [3.05, 3.63) is 18.2 Å². The zero-order chi connectivity index (χ0) is 13.3. The maximum Gasteiger partial charge on any atom is 0.265 e.